The molecule has 2 aromatic heterocycles. The van der Waals surface area contributed by atoms with Gasteiger partial charge in [-0.15, -0.1) is 0 Å². The summed E-state index contributed by atoms with van der Waals surface area (Å²) in [7, 11) is 1.77. The molecule has 0 bridgehead atoms. The number of pyridine rings is 1. The van der Waals surface area contributed by atoms with Crippen LogP contribution >= 0.6 is 11.8 Å². The van der Waals surface area contributed by atoms with E-state index in [9.17, 15) is 4.79 Å². The van der Waals surface area contributed by atoms with Crippen LogP contribution in [0, 0.1) is 13.8 Å². The average molecular weight is 398 g/mol. The van der Waals surface area contributed by atoms with Crippen LogP contribution in [-0.2, 0) is 5.75 Å². The summed E-state index contributed by atoms with van der Waals surface area (Å²) in [6.45, 7) is 4.77. The van der Waals surface area contributed by atoms with Crippen LogP contribution in [0.25, 0.3) is 0 Å². The molecule has 0 saturated carbocycles. The van der Waals surface area contributed by atoms with Crippen LogP contribution in [-0.4, -0.2) is 41.1 Å². The van der Waals surface area contributed by atoms with Gasteiger partial charge in [0.25, 0.3) is 5.91 Å². The van der Waals surface area contributed by atoms with Gasteiger partial charge in [0.15, 0.2) is 0 Å². The molecule has 0 spiro atoms. The summed E-state index contributed by atoms with van der Waals surface area (Å²) in [6, 6.07) is 13.3. The van der Waals surface area contributed by atoms with Crippen LogP contribution in [0.3, 0.4) is 0 Å². The van der Waals surface area contributed by atoms with Crippen LogP contribution in [0.5, 0.6) is 5.75 Å². The van der Waals surface area contributed by atoms with Crippen molar-refractivity contribution in [2.24, 2.45) is 0 Å². The normalized spacial score (nSPS) is 10.7. The highest BCUT2D eigenvalue weighted by Crippen LogP contribution is 2.25. The Balaban J connectivity index is 1.58. The number of carbonyl (C=O) groups is 1. The van der Waals surface area contributed by atoms with E-state index in [1.165, 1.54) is 11.8 Å². The fraction of sp³-hybridized carbons (Fsp3) is 0.286. The number of amides is 1. The van der Waals surface area contributed by atoms with Crippen molar-refractivity contribution in [3.63, 3.8) is 0 Å². The summed E-state index contributed by atoms with van der Waals surface area (Å²) in [5.74, 6) is 2.08. The molecule has 6 nitrogen and oxygen atoms in total. The lowest BCUT2D eigenvalue weighted by Crippen LogP contribution is -2.31. The second-order valence-corrected chi connectivity index (χ2v) is 7.43. The van der Waals surface area contributed by atoms with E-state index in [0.717, 1.165) is 22.8 Å². The van der Waals surface area contributed by atoms with E-state index in [1.54, 1.807) is 30.3 Å². The third-order valence-corrected chi connectivity index (χ3v) is 5.11. The number of hydrogen-bond donors (Lipinski definition) is 0. The van der Waals surface area contributed by atoms with Gasteiger partial charge in [0.05, 0.1) is 17.8 Å². The summed E-state index contributed by atoms with van der Waals surface area (Å²) >= 11 is 1.47. The van der Waals surface area contributed by atoms with Gasteiger partial charge in [-0.25, -0.2) is 4.98 Å². The van der Waals surface area contributed by atoms with Gasteiger partial charge in [-0.3, -0.25) is 4.79 Å². The Labute approximate surface area is 168 Å². The molecule has 28 heavy (non-hydrogen) atoms. The van der Waals surface area contributed by atoms with Crippen molar-refractivity contribution in [2.75, 3.05) is 20.2 Å². The van der Waals surface area contributed by atoms with Gasteiger partial charge >= 0.3 is 0 Å². The Bertz CT molecular complexity index is 942. The summed E-state index contributed by atoms with van der Waals surface area (Å²) in [5, 5.41) is 4.66. The molecule has 0 aliphatic carbocycles. The van der Waals surface area contributed by atoms with Crippen molar-refractivity contribution >= 4 is 17.7 Å². The number of nitrogens with zero attached hydrogens (tertiary/aromatic N) is 3. The molecule has 1 amide bonds. The van der Waals surface area contributed by atoms with Gasteiger partial charge in [-0.05, 0) is 43.7 Å². The van der Waals surface area contributed by atoms with Gasteiger partial charge < -0.3 is 14.2 Å². The van der Waals surface area contributed by atoms with Gasteiger partial charge in [0.2, 0.25) is 0 Å². The third-order valence-electron chi connectivity index (χ3n) is 4.07. The van der Waals surface area contributed by atoms with Crippen molar-refractivity contribution in [3.8, 4) is 5.75 Å². The van der Waals surface area contributed by atoms with E-state index in [2.05, 4.69) is 10.1 Å². The van der Waals surface area contributed by atoms with Crippen molar-refractivity contribution in [2.45, 2.75) is 24.6 Å². The lowest BCUT2D eigenvalue weighted by molar-refractivity contribution is 0.0769. The quantitative estimate of drug-likeness (QED) is 0.533. The molecule has 0 radical (unpaired) electrons. The Morgan fingerprint density at radius 3 is 2.82 bits per heavy atom. The maximum absolute atomic E-state index is 12.9. The first-order valence-corrected chi connectivity index (χ1v) is 9.96. The van der Waals surface area contributed by atoms with Crippen LogP contribution in [0.15, 0.2) is 58.2 Å². The molecule has 2 heterocycles. The number of carbonyl (C=O) groups excluding carboxylic acids is 1. The van der Waals surface area contributed by atoms with E-state index < -0.39 is 0 Å². The maximum atomic E-state index is 12.9. The third kappa shape index (κ3) is 5.36. The standard InChI is InChI=1S/C21H23N3O3S/c1-15-6-4-7-18(12-15)26-11-10-24(3)21(25)19-8-5-9-22-20(19)28-14-17-13-16(2)27-23-17/h4-9,12-13H,10-11,14H2,1-3H3. The minimum atomic E-state index is -0.0835. The molecule has 7 heteroatoms. The van der Waals surface area contributed by atoms with E-state index >= 15 is 0 Å². The molecular weight excluding hydrogens is 374 g/mol. The fourth-order valence-corrected chi connectivity index (χ4v) is 3.48. The first-order valence-electron chi connectivity index (χ1n) is 8.98. The van der Waals surface area contributed by atoms with Crippen LogP contribution in [0.1, 0.15) is 27.4 Å². The van der Waals surface area contributed by atoms with E-state index in [-0.39, 0.29) is 5.91 Å². The van der Waals surface area contributed by atoms with Crippen molar-refractivity contribution < 1.29 is 14.1 Å². The van der Waals surface area contributed by atoms with Crippen molar-refractivity contribution in [1.82, 2.24) is 15.0 Å². The second kappa shape index (κ2) is 9.41. The zero-order chi connectivity index (χ0) is 19.9. The number of rotatable bonds is 8. The molecule has 1 aromatic carbocycles. The molecule has 146 valence electrons. The summed E-state index contributed by atoms with van der Waals surface area (Å²) in [4.78, 5) is 18.9. The highest BCUT2D eigenvalue weighted by Gasteiger charge is 2.17. The first kappa shape index (κ1) is 19.9. The van der Waals surface area contributed by atoms with E-state index in [4.69, 9.17) is 9.26 Å². The van der Waals surface area contributed by atoms with Gasteiger partial charge in [0.1, 0.15) is 23.1 Å². The monoisotopic (exact) mass is 397 g/mol. The number of thioether (sulfide) groups is 1. The smallest absolute Gasteiger partial charge is 0.256 e. The lowest BCUT2D eigenvalue weighted by Gasteiger charge is -2.18. The predicted molar refractivity (Wildman–Crippen MR) is 109 cm³/mol. The number of aryl methyl sites for hydroxylation is 2. The number of aromatic nitrogens is 2. The Morgan fingerprint density at radius 2 is 2.07 bits per heavy atom. The maximum Gasteiger partial charge on any atom is 0.256 e. The lowest BCUT2D eigenvalue weighted by atomic mass is 10.2. The Kier molecular flexibility index (Phi) is 6.71. The molecule has 3 rings (SSSR count). The zero-order valence-corrected chi connectivity index (χ0v) is 17.0. The molecule has 0 saturated heterocycles. The zero-order valence-electron chi connectivity index (χ0n) is 16.2. The van der Waals surface area contributed by atoms with Crippen molar-refractivity contribution in [3.05, 3.63) is 71.2 Å². The first-order chi connectivity index (χ1) is 13.5. The summed E-state index contributed by atoms with van der Waals surface area (Å²) in [5.41, 5.74) is 2.54. The molecule has 0 N–H and O–H groups in total. The minimum Gasteiger partial charge on any atom is -0.492 e. The average Bonchev–Trinajstić information content (AvgIpc) is 3.11. The second-order valence-electron chi connectivity index (χ2n) is 6.47. The number of ether oxygens (including phenoxy) is 1. The van der Waals surface area contributed by atoms with Crippen LogP contribution in [0.2, 0.25) is 0 Å². The molecule has 0 fully saturated rings. The summed E-state index contributed by atoms with van der Waals surface area (Å²) < 4.78 is 10.8. The largest absolute Gasteiger partial charge is 0.492 e. The number of hydrogen-bond acceptors (Lipinski definition) is 6. The predicted octanol–water partition coefficient (Wildman–Crippen LogP) is 4.13. The molecule has 3 aromatic rings. The fourth-order valence-electron chi connectivity index (χ4n) is 2.61. The summed E-state index contributed by atoms with van der Waals surface area (Å²) in [6.07, 6.45) is 1.69. The van der Waals surface area contributed by atoms with E-state index in [0.29, 0.717) is 29.5 Å². The van der Waals surface area contributed by atoms with Gasteiger partial charge in [-0.1, -0.05) is 29.1 Å². The molecule has 0 atom stereocenters. The number of likely N-dealkylation sites (N-methyl/N-ethyl adjacent to an activating group) is 1. The molecule has 0 aliphatic rings. The minimum absolute atomic E-state index is 0.0835. The Hall–Kier alpha value is -2.80. The molecule has 0 unspecified atom stereocenters. The van der Waals surface area contributed by atoms with Crippen molar-refractivity contribution in [1.29, 1.82) is 0 Å². The van der Waals surface area contributed by atoms with E-state index in [1.807, 2.05) is 44.2 Å². The molecular formula is C21H23N3O3S. The van der Waals surface area contributed by atoms with Gasteiger partial charge in [0, 0.05) is 25.1 Å². The Morgan fingerprint density at radius 1 is 1.21 bits per heavy atom. The highest BCUT2D eigenvalue weighted by atomic mass is 32.2. The highest BCUT2D eigenvalue weighted by molar-refractivity contribution is 7.98. The molecule has 0 aliphatic heterocycles. The topological polar surface area (TPSA) is 68.5 Å². The SMILES string of the molecule is Cc1cccc(OCCN(C)C(=O)c2cccnc2SCc2cc(C)on2)c1. The number of benzene rings is 1. The van der Waals surface area contributed by atoms with Gasteiger partial charge in [-0.2, -0.15) is 0 Å². The van der Waals surface area contributed by atoms with Crippen LogP contribution in [0.4, 0.5) is 0 Å². The van der Waals surface area contributed by atoms with Crippen LogP contribution < -0.4 is 4.74 Å².